The van der Waals surface area contributed by atoms with E-state index < -0.39 is 0 Å². The number of aliphatic hydroxyl groups excluding tert-OH is 1. The van der Waals surface area contributed by atoms with Gasteiger partial charge in [0.25, 0.3) is 0 Å². The number of piperazine rings is 1. The zero-order valence-electron chi connectivity index (χ0n) is 16.9. The third-order valence-electron chi connectivity index (χ3n) is 6.94. The van der Waals surface area contributed by atoms with Crippen molar-refractivity contribution in [3.05, 3.63) is 71.5 Å². The lowest BCUT2D eigenvalue weighted by atomic mass is 9.83. The van der Waals surface area contributed by atoms with E-state index in [1.165, 1.54) is 5.56 Å². The quantitative estimate of drug-likeness (QED) is 0.842. The minimum absolute atomic E-state index is 0.0995. The zero-order chi connectivity index (χ0) is 19.8. The monoisotopic (exact) mass is 395 g/mol. The van der Waals surface area contributed by atoms with Crippen LogP contribution in [0.2, 0.25) is 0 Å². The first-order chi connectivity index (χ1) is 14.1. The number of halogens is 1. The number of nitrogens with zero attached hydrogens (tertiary/aromatic N) is 3. The number of rotatable bonds is 5. The Labute approximate surface area is 172 Å². The smallest absolute Gasteiger partial charge is 0.127 e. The number of aliphatic hydroxyl groups is 1. The standard InChI is InChI=1S/C24H30FN3O/c25-23-9-5-4-8-20(23)13-27-17-24(18-27)16-26(11-10-19-6-2-1-3-7-19)14-21-12-22(29)15-28(21)24/h1-9,21-22,29H,10-18H2/t21-,22-/m1/s1. The summed E-state index contributed by atoms with van der Waals surface area (Å²) in [5.41, 5.74) is 2.25. The highest BCUT2D eigenvalue weighted by atomic mass is 19.1. The second kappa shape index (κ2) is 7.80. The summed E-state index contributed by atoms with van der Waals surface area (Å²) >= 11 is 0. The number of benzene rings is 2. The Balaban J connectivity index is 1.26. The van der Waals surface area contributed by atoms with Crippen LogP contribution >= 0.6 is 0 Å². The average Bonchev–Trinajstić information content (AvgIpc) is 3.08. The highest BCUT2D eigenvalue weighted by Gasteiger charge is 2.55. The number of likely N-dealkylation sites (tertiary alicyclic amines) is 1. The second-order valence-corrected chi connectivity index (χ2v) is 9.13. The van der Waals surface area contributed by atoms with Crippen molar-refractivity contribution in [3.63, 3.8) is 0 Å². The lowest BCUT2D eigenvalue weighted by Crippen LogP contribution is -2.77. The highest BCUT2D eigenvalue weighted by Crippen LogP contribution is 2.39. The van der Waals surface area contributed by atoms with E-state index in [9.17, 15) is 9.50 Å². The lowest BCUT2D eigenvalue weighted by molar-refractivity contribution is -0.116. The predicted octanol–water partition coefficient (Wildman–Crippen LogP) is 2.37. The number of fused-ring (bicyclic) bond motifs is 2. The minimum Gasteiger partial charge on any atom is -0.392 e. The molecule has 3 saturated heterocycles. The molecule has 0 saturated carbocycles. The fourth-order valence-corrected chi connectivity index (χ4v) is 5.67. The van der Waals surface area contributed by atoms with Crippen LogP contribution in [0, 0.1) is 5.82 Å². The van der Waals surface area contributed by atoms with Crippen molar-refractivity contribution in [1.29, 1.82) is 0 Å². The fourth-order valence-electron chi connectivity index (χ4n) is 5.67. The Hall–Kier alpha value is -1.79. The average molecular weight is 396 g/mol. The molecule has 3 aliphatic heterocycles. The minimum atomic E-state index is -0.216. The molecule has 0 aliphatic carbocycles. The SMILES string of the molecule is O[C@@H]1C[C@@H]2CN(CCc3ccccc3)CC3(CN(Cc4ccccc4F)C3)N2C1. The molecule has 4 nitrogen and oxygen atoms in total. The van der Waals surface area contributed by atoms with Crippen LogP contribution in [-0.2, 0) is 13.0 Å². The van der Waals surface area contributed by atoms with Crippen molar-refractivity contribution in [2.45, 2.75) is 37.1 Å². The van der Waals surface area contributed by atoms with Crippen LogP contribution in [0.5, 0.6) is 0 Å². The molecular formula is C24H30FN3O. The largest absolute Gasteiger partial charge is 0.392 e. The summed E-state index contributed by atoms with van der Waals surface area (Å²) in [7, 11) is 0. The zero-order valence-corrected chi connectivity index (χ0v) is 16.9. The van der Waals surface area contributed by atoms with E-state index >= 15 is 0 Å². The third kappa shape index (κ3) is 3.84. The van der Waals surface area contributed by atoms with Gasteiger partial charge in [-0.3, -0.25) is 14.7 Å². The molecule has 1 spiro atoms. The van der Waals surface area contributed by atoms with Crippen LogP contribution in [-0.4, -0.2) is 76.8 Å². The summed E-state index contributed by atoms with van der Waals surface area (Å²) in [6, 6.07) is 18.2. The van der Waals surface area contributed by atoms with Gasteiger partial charge < -0.3 is 5.11 Å². The van der Waals surface area contributed by atoms with E-state index in [1.54, 1.807) is 12.1 Å². The van der Waals surface area contributed by atoms with E-state index in [1.807, 2.05) is 12.1 Å². The van der Waals surface area contributed by atoms with Gasteiger partial charge in [0.15, 0.2) is 0 Å². The van der Waals surface area contributed by atoms with Crippen LogP contribution in [0.15, 0.2) is 54.6 Å². The van der Waals surface area contributed by atoms with E-state index in [-0.39, 0.29) is 17.5 Å². The molecule has 0 radical (unpaired) electrons. The summed E-state index contributed by atoms with van der Waals surface area (Å²) in [4.78, 5) is 7.50. The molecule has 0 unspecified atom stereocenters. The summed E-state index contributed by atoms with van der Waals surface area (Å²) in [5, 5.41) is 10.3. The molecule has 3 aliphatic rings. The van der Waals surface area contributed by atoms with Crippen LogP contribution in [0.25, 0.3) is 0 Å². The van der Waals surface area contributed by atoms with E-state index in [0.717, 1.165) is 57.7 Å². The van der Waals surface area contributed by atoms with Gasteiger partial charge in [-0.15, -0.1) is 0 Å². The summed E-state index contributed by atoms with van der Waals surface area (Å²) in [6.07, 6.45) is 1.72. The maximum Gasteiger partial charge on any atom is 0.127 e. The van der Waals surface area contributed by atoms with Crippen LogP contribution < -0.4 is 0 Å². The van der Waals surface area contributed by atoms with E-state index in [0.29, 0.717) is 12.6 Å². The van der Waals surface area contributed by atoms with Gasteiger partial charge in [0.2, 0.25) is 0 Å². The normalized spacial score (nSPS) is 27.1. The molecule has 0 amide bonds. The molecule has 2 atom stereocenters. The molecule has 29 heavy (non-hydrogen) atoms. The Morgan fingerprint density at radius 2 is 1.66 bits per heavy atom. The molecule has 3 fully saturated rings. The van der Waals surface area contributed by atoms with Crippen molar-refractivity contribution in [3.8, 4) is 0 Å². The first-order valence-electron chi connectivity index (χ1n) is 10.8. The van der Waals surface area contributed by atoms with Crippen molar-refractivity contribution < 1.29 is 9.50 Å². The van der Waals surface area contributed by atoms with Crippen molar-refractivity contribution in [2.75, 3.05) is 39.3 Å². The Bertz CT molecular complexity index is 839. The van der Waals surface area contributed by atoms with Gasteiger partial charge in [0, 0.05) is 57.4 Å². The molecular weight excluding hydrogens is 365 g/mol. The van der Waals surface area contributed by atoms with Gasteiger partial charge in [-0.1, -0.05) is 48.5 Å². The molecule has 5 rings (SSSR count). The molecule has 5 heteroatoms. The predicted molar refractivity (Wildman–Crippen MR) is 112 cm³/mol. The molecule has 0 aromatic heterocycles. The van der Waals surface area contributed by atoms with Gasteiger partial charge in [-0.25, -0.2) is 4.39 Å². The van der Waals surface area contributed by atoms with Gasteiger partial charge >= 0.3 is 0 Å². The highest BCUT2D eigenvalue weighted by molar-refractivity contribution is 5.20. The number of hydrogen-bond donors (Lipinski definition) is 1. The maximum atomic E-state index is 14.1. The van der Waals surface area contributed by atoms with Gasteiger partial charge in [-0.2, -0.15) is 0 Å². The first-order valence-corrected chi connectivity index (χ1v) is 10.8. The number of β-amino-alcohol motifs (C(OH)–C–C–N with tert-alkyl or cyclic N) is 1. The van der Waals surface area contributed by atoms with Crippen molar-refractivity contribution in [2.24, 2.45) is 0 Å². The molecule has 0 bridgehead atoms. The summed E-state index contributed by atoms with van der Waals surface area (Å²) in [6.45, 7) is 6.48. The van der Waals surface area contributed by atoms with Gasteiger partial charge in [-0.05, 0) is 24.5 Å². The molecule has 1 N–H and O–H groups in total. The van der Waals surface area contributed by atoms with Gasteiger partial charge in [0.05, 0.1) is 11.6 Å². The van der Waals surface area contributed by atoms with Crippen molar-refractivity contribution >= 4 is 0 Å². The molecule has 2 aromatic carbocycles. The topological polar surface area (TPSA) is 30.0 Å². The summed E-state index contributed by atoms with van der Waals surface area (Å²) in [5.74, 6) is -0.115. The Morgan fingerprint density at radius 3 is 2.45 bits per heavy atom. The van der Waals surface area contributed by atoms with E-state index in [4.69, 9.17) is 0 Å². The van der Waals surface area contributed by atoms with Gasteiger partial charge in [0.1, 0.15) is 5.82 Å². The van der Waals surface area contributed by atoms with E-state index in [2.05, 4.69) is 45.0 Å². The molecule has 2 aromatic rings. The Morgan fingerprint density at radius 1 is 0.931 bits per heavy atom. The van der Waals surface area contributed by atoms with Crippen LogP contribution in [0.4, 0.5) is 4.39 Å². The van der Waals surface area contributed by atoms with Crippen LogP contribution in [0.3, 0.4) is 0 Å². The summed E-state index contributed by atoms with van der Waals surface area (Å²) < 4.78 is 14.1. The first kappa shape index (κ1) is 19.2. The third-order valence-corrected chi connectivity index (χ3v) is 6.94. The molecule has 154 valence electrons. The van der Waals surface area contributed by atoms with Crippen LogP contribution in [0.1, 0.15) is 17.5 Å². The fraction of sp³-hybridized carbons (Fsp3) is 0.500. The maximum absolute atomic E-state index is 14.1. The second-order valence-electron chi connectivity index (χ2n) is 9.13. The Kier molecular flexibility index (Phi) is 5.16. The van der Waals surface area contributed by atoms with Crippen molar-refractivity contribution in [1.82, 2.24) is 14.7 Å². The molecule has 3 heterocycles. The number of hydrogen-bond acceptors (Lipinski definition) is 4. The lowest BCUT2D eigenvalue weighted by Gasteiger charge is -2.61.